The number of carbonyl (C=O) groups excluding carboxylic acids is 1. The maximum Gasteiger partial charge on any atom is 0.573 e. The van der Waals surface area contributed by atoms with E-state index in [0.29, 0.717) is 22.3 Å². The number of benzene rings is 3. The number of hydrogen-bond acceptors (Lipinski definition) is 8. The van der Waals surface area contributed by atoms with E-state index in [4.69, 9.17) is 5.73 Å². The molecule has 1 aliphatic rings. The lowest BCUT2D eigenvalue weighted by Gasteiger charge is -2.20. The number of halogens is 3. The van der Waals surface area contributed by atoms with Crippen LogP contribution in [0.1, 0.15) is 36.6 Å². The van der Waals surface area contributed by atoms with Crippen molar-refractivity contribution in [2.45, 2.75) is 26.1 Å². The number of para-hydroxylation sites is 1. The molecular formula is C28H23F3N6O2S2. The summed E-state index contributed by atoms with van der Waals surface area (Å²) in [6.07, 6.45) is -3.17. The highest BCUT2D eigenvalue weighted by atomic mass is 32.2. The molecule has 0 atom stereocenters. The summed E-state index contributed by atoms with van der Waals surface area (Å²) in [7, 11) is 0. The summed E-state index contributed by atoms with van der Waals surface area (Å²) < 4.78 is 46.3. The number of nitrogens with zero attached hydrogens (tertiary/aromatic N) is 5. The molecule has 1 amide bonds. The molecule has 1 aromatic heterocycles. The molecule has 0 aliphatic carbocycles. The van der Waals surface area contributed by atoms with Crippen LogP contribution in [-0.2, 0) is 4.79 Å². The van der Waals surface area contributed by atoms with Crippen LogP contribution < -0.4 is 15.4 Å². The van der Waals surface area contributed by atoms with Crippen molar-refractivity contribution in [1.29, 1.82) is 0 Å². The Bertz CT molecular complexity index is 1680. The number of anilines is 1. The summed E-state index contributed by atoms with van der Waals surface area (Å²) in [5.41, 5.74) is 9.64. The Kier molecular flexibility index (Phi) is 8.08. The summed E-state index contributed by atoms with van der Waals surface area (Å²) in [5, 5.41) is 9.88. The minimum Gasteiger partial charge on any atom is -0.406 e. The van der Waals surface area contributed by atoms with E-state index in [1.807, 2.05) is 42.5 Å². The molecule has 2 N–H and O–H groups in total. The van der Waals surface area contributed by atoms with Crippen molar-refractivity contribution in [2.75, 3.05) is 10.7 Å². The van der Waals surface area contributed by atoms with Gasteiger partial charge in [0.25, 0.3) is 0 Å². The summed E-state index contributed by atoms with van der Waals surface area (Å²) in [6, 6.07) is 18.4. The molecule has 0 spiro atoms. The highest BCUT2D eigenvalue weighted by molar-refractivity contribution is 8.15. The smallest absolute Gasteiger partial charge is 0.406 e. The zero-order valence-corrected chi connectivity index (χ0v) is 23.4. The number of hydrogen-bond donors (Lipinski definition) is 1. The first-order valence-electron chi connectivity index (χ1n) is 12.3. The first-order valence-corrected chi connectivity index (χ1v) is 14.1. The Hall–Kier alpha value is -4.23. The number of nitrogens with two attached hydrogens (primary N) is 1. The van der Waals surface area contributed by atoms with Crippen LogP contribution in [0.4, 0.5) is 24.5 Å². The third-order valence-corrected chi connectivity index (χ3v) is 7.70. The number of aliphatic imine (C=N–C) groups is 1. The van der Waals surface area contributed by atoms with Crippen LogP contribution in [-0.4, -0.2) is 39.6 Å². The number of alkyl halides is 3. The zero-order valence-electron chi connectivity index (χ0n) is 21.8. The van der Waals surface area contributed by atoms with Crippen LogP contribution in [0.15, 0.2) is 81.9 Å². The summed E-state index contributed by atoms with van der Waals surface area (Å²) in [6.45, 7) is 4.16. The van der Waals surface area contributed by atoms with Gasteiger partial charge in [0.2, 0.25) is 5.91 Å². The van der Waals surface area contributed by atoms with Gasteiger partial charge in [-0.2, -0.15) is 9.47 Å². The topological polar surface area (TPSA) is 106 Å². The second kappa shape index (κ2) is 11.7. The van der Waals surface area contributed by atoms with Crippen molar-refractivity contribution in [3.8, 4) is 5.75 Å². The summed E-state index contributed by atoms with van der Waals surface area (Å²) >= 11 is 2.57. The van der Waals surface area contributed by atoms with Crippen molar-refractivity contribution in [2.24, 2.45) is 20.9 Å². The minimum atomic E-state index is -4.77. The lowest BCUT2D eigenvalue weighted by molar-refractivity contribution is -0.274. The normalized spacial score (nSPS) is 15.7. The van der Waals surface area contributed by atoms with Gasteiger partial charge in [0.15, 0.2) is 11.0 Å². The molecule has 0 unspecified atom stereocenters. The van der Waals surface area contributed by atoms with Crippen LogP contribution >= 0.6 is 23.3 Å². The first kappa shape index (κ1) is 28.3. The third kappa shape index (κ3) is 6.57. The Morgan fingerprint density at radius 1 is 1.12 bits per heavy atom. The van der Waals surface area contributed by atoms with E-state index in [9.17, 15) is 18.0 Å². The number of amidine groups is 2. The van der Waals surface area contributed by atoms with Crippen LogP contribution in [0.2, 0.25) is 0 Å². The van der Waals surface area contributed by atoms with Gasteiger partial charge in [0.05, 0.1) is 28.0 Å². The molecule has 1 saturated heterocycles. The van der Waals surface area contributed by atoms with Gasteiger partial charge in [-0.25, -0.2) is 4.99 Å². The molecule has 8 nitrogen and oxygen atoms in total. The number of ether oxygens (including phenoxy) is 1. The maximum absolute atomic E-state index is 12.7. The third-order valence-electron chi connectivity index (χ3n) is 5.97. The maximum atomic E-state index is 12.7. The van der Waals surface area contributed by atoms with Crippen molar-refractivity contribution >= 4 is 67.9 Å². The SMILES string of the molecule is CC(C)c1ccccc1N1C(=O)CS/C1=N/N=C/c1ccc2c(/C(N)=N/c3ccc(OC(F)(F)F)cc3)nsc2c1. The van der Waals surface area contributed by atoms with E-state index in [-0.39, 0.29) is 23.4 Å². The van der Waals surface area contributed by atoms with Crippen LogP contribution in [0.25, 0.3) is 10.1 Å². The molecule has 4 aromatic rings. The molecule has 5 rings (SSSR count). The van der Waals surface area contributed by atoms with E-state index in [1.165, 1.54) is 35.4 Å². The van der Waals surface area contributed by atoms with Gasteiger partial charge >= 0.3 is 6.36 Å². The Morgan fingerprint density at radius 2 is 1.88 bits per heavy atom. The summed E-state index contributed by atoms with van der Waals surface area (Å²) in [5.74, 6) is 0.270. The Labute approximate surface area is 241 Å². The number of thioether (sulfide) groups is 1. The fourth-order valence-corrected chi connectivity index (χ4v) is 5.78. The fraction of sp³-hybridized carbons (Fsp3) is 0.179. The molecule has 13 heteroatoms. The Morgan fingerprint density at radius 3 is 2.61 bits per heavy atom. The zero-order chi connectivity index (χ0) is 29.1. The van der Waals surface area contributed by atoms with Gasteiger partial charge in [-0.1, -0.05) is 55.9 Å². The number of fused-ring (bicyclic) bond motifs is 1. The average Bonchev–Trinajstić information content (AvgIpc) is 3.52. The highest BCUT2D eigenvalue weighted by Crippen LogP contribution is 2.33. The molecule has 2 heterocycles. The second-order valence-electron chi connectivity index (χ2n) is 9.18. The van der Waals surface area contributed by atoms with Crippen molar-refractivity contribution in [3.05, 3.63) is 83.6 Å². The predicted octanol–water partition coefficient (Wildman–Crippen LogP) is 6.83. The number of rotatable bonds is 7. The predicted molar refractivity (Wildman–Crippen MR) is 159 cm³/mol. The van der Waals surface area contributed by atoms with Gasteiger partial charge in [-0.3, -0.25) is 9.69 Å². The standard InChI is InChI=1S/C28H23F3N6O2S2/c1-16(2)20-5-3-4-6-22(20)37-24(38)15-40-27(37)35-33-14-17-7-12-21-23(13-17)41-36-25(21)26(32)34-18-8-10-19(11-9-18)39-28(29,30)31/h3-14,16H,15H2,1-2H3,(H2,32,34)/b33-14+,35-27+. The van der Waals surface area contributed by atoms with E-state index in [0.717, 1.165) is 39.0 Å². The van der Waals surface area contributed by atoms with Crippen LogP contribution in [0.3, 0.4) is 0 Å². The molecule has 41 heavy (non-hydrogen) atoms. The summed E-state index contributed by atoms with van der Waals surface area (Å²) in [4.78, 5) is 18.6. The number of amides is 1. The average molecular weight is 597 g/mol. The lowest BCUT2D eigenvalue weighted by Crippen LogP contribution is -2.30. The van der Waals surface area contributed by atoms with E-state index in [1.54, 1.807) is 11.1 Å². The van der Waals surface area contributed by atoms with Crippen molar-refractivity contribution in [1.82, 2.24) is 4.37 Å². The van der Waals surface area contributed by atoms with Crippen molar-refractivity contribution in [3.63, 3.8) is 0 Å². The molecule has 210 valence electrons. The van der Waals surface area contributed by atoms with Crippen LogP contribution in [0.5, 0.6) is 5.75 Å². The fourth-order valence-electron chi connectivity index (χ4n) is 4.13. The largest absolute Gasteiger partial charge is 0.573 e. The minimum absolute atomic E-state index is 0.0412. The molecule has 0 bridgehead atoms. The highest BCUT2D eigenvalue weighted by Gasteiger charge is 2.32. The number of aromatic nitrogens is 1. The van der Waals surface area contributed by atoms with E-state index >= 15 is 0 Å². The molecule has 1 fully saturated rings. The van der Waals surface area contributed by atoms with Gasteiger partial charge in [-0.05, 0) is 65.0 Å². The lowest BCUT2D eigenvalue weighted by atomic mass is 10.0. The monoisotopic (exact) mass is 596 g/mol. The second-order valence-corrected chi connectivity index (χ2v) is 10.9. The van der Waals surface area contributed by atoms with Gasteiger partial charge < -0.3 is 10.5 Å². The Balaban J connectivity index is 1.33. The molecular weight excluding hydrogens is 573 g/mol. The van der Waals surface area contributed by atoms with E-state index < -0.39 is 6.36 Å². The van der Waals surface area contributed by atoms with Gasteiger partial charge in [0, 0.05) is 5.39 Å². The molecule has 1 aliphatic heterocycles. The van der Waals surface area contributed by atoms with Crippen molar-refractivity contribution < 1.29 is 22.7 Å². The quantitative estimate of drug-likeness (QED) is 0.143. The van der Waals surface area contributed by atoms with Crippen LogP contribution in [0, 0.1) is 0 Å². The molecule has 0 saturated carbocycles. The molecule has 3 aromatic carbocycles. The first-order chi connectivity index (χ1) is 19.6. The molecule has 0 radical (unpaired) electrons. The van der Waals surface area contributed by atoms with E-state index in [2.05, 4.69) is 38.2 Å². The number of carbonyl (C=O) groups is 1. The van der Waals surface area contributed by atoms with Gasteiger partial charge in [-0.15, -0.1) is 18.3 Å². The van der Waals surface area contributed by atoms with Gasteiger partial charge in [0.1, 0.15) is 11.4 Å².